The zero-order valence-corrected chi connectivity index (χ0v) is 14.7. The summed E-state index contributed by atoms with van der Waals surface area (Å²) in [7, 11) is 0. The first-order chi connectivity index (χ1) is 12.0. The number of aromatic nitrogens is 2. The molecule has 0 fully saturated rings. The van der Waals surface area contributed by atoms with Gasteiger partial charge in [-0.15, -0.1) is 0 Å². The molecule has 0 saturated heterocycles. The Labute approximate surface area is 147 Å². The number of nitrogen functional groups attached to an aromatic ring is 1. The number of aryl methyl sites for hydroxylation is 2. The molecule has 128 valence electrons. The molecule has 0 aliphatic rings. The highest BCUT2D eigenvalue weighted by atomic mass is 16.5. The molecular formula is C20H22N4O. The first-order valence-corrected chi connectivity index (χ1v) is 8.21. The number of ether oxygens (including phenoxy) is 1. The van der Waals surface area contributed by atoms with E-state index in [-0.39, 0.29) is 6.04 Å². The van der Waals surface area contributed by atoms with E-state index in [2.05, 4.69) is 40.4 Å². The molecule has 3 rings (SSSR count). The summed E-state index contributed by atoms with van der Waals surface area (Å²) < 4.78 is 5.88. The van der Waals surface area contributed by atoms with Crippen LogP contribution in [0.3, 0.4) is 0 Å². The molecule has 0 bridgehead atoms. The molecule has 1 aromatic heterocycles. The van der Waals surface area contributed by atoms with Crippen LogP contribution in [0.25, 0.3) is 0 Å². The molecular weight excluding hydrogens is 312 g/mol. The van der Waals surface area contributed by atoms with Gasteiger partial charge in [-0.25, -0.2) is 4.98 Å². The standard InChI is InChI=1S/C20H22N4O/c1-13-9-14(2)11-17(10-13)25-20-18(21)19(22-12-23-20)24-15(3)16-7-5-4-6-8-16/h4-12,15H,21H2,1-3H3,(H,22,23,24). The van der Waals surface area contributed by atoms with Crippen molar-refractivity contribution in [1.82, 2.24) is 9.97 Å². The minimum Gasteiger partial charge on any atom is -0.437 e. The fraction of sp³-hybridized carbons (Fsp3) is 0.200. The molecule has 5 heteroatoms. The lowest BCUT2D eigenvalue weighted by Gasteiger charge is -2.17. The van der Waals surface area contributed by atoms with Gasteiger partial charge in [-0.3, -0.25) is 0 Å². The van der Waals surface area contributed by atoms with E-state index in [0.29, 0.717) is 23.1 Å². The van der Waals surface area contributed by atoms with E-state index in [9.17, 15) is 0 Å². The van der Waals surface area contributed by atoms with Gasteiger partial charge in [-0.05, 0) is 49.6 Å². The van der Waals surface area contributed by atoms with E-state index >= 15 is 0 Å². The fourth-order valence-electron chi connectivity index (χ4n) is 2.71. The first-order valence-electron chi connectivity index (χ1n) is 8.21. The maximum Gasteiger partial charge on any atom is 0.248 e. The summed E-state index contributed by atoms with van der Waals surface area (Å²) in [5, 5.41) is 3.32. The lowest BCUT2D eigenvalue weighted by molar-refractivity contribution is 0.463. The molecule has 0 amide bonds. The molecule has 0 spiro atoms. The number of anilines is 2. The second-order valence-electron chi connectivity index (χ2n) is 6.14. The Balaban J connectivity index is 1.82. The number of hydrogen-bond acceptors (Lipinski definition) is 5. The Hall–Kier alpha value is -3.08. The van der Waals surface area contributed by atoms with Crippen molar-refractivity contribution in [2.45, 2.75) is 26.8 Å². The topological polar surface area (TPSA) is 73.1 Å². The van der Waals surface area contributed by atoms with Crippen LogP contribution in [-0.2, 0) is 0 Å². The number of benzene rings is 2. The molecule has 3 aromatic rings. The quantitative estimate of drug-likeness (QED) is 0.711. The van der Waals surface area contributed by atoms with E-state index in [1.807, 2.05) is 44.2 Å². The van der Waals surface area contributed by atoms with E-state index < -0.39 is 0 Å². The van der Waals surface area contributed by atoms with Gasteiger partial charge in [-0.1, -0.05) is 36.4 Å². The molecule has 0 aliphatic carbocycles. The maximum atomic E-state index is 6.22. The van der Waals surface area contributed by atoms with Gasteiger partial charge in [0.2, 0.25) is 5.88 Å². The van der Waals surface area contributed by atoms with Gasteiger partial charge in [0.05, 0.1) is 6.04 Å². The van der Waals surface area contributed by atoms with E-state index in [4.69, 9.17) is 10.5 Å². The van der Waals surface area contributed by atoms with Gasteiger partial charge in [0, 0.05) is 0 Å². The Morgan fingerprint density at radius 1 is 1.00 bits per heavy atom. The fourth-order valence-corrected chi connectivity index (χ4v) is 2.71. The van der Waals surface area contributed by atoms with Crippen LogP contribution < -0.4 is 15.8 Å². The molecule has 0 saturated carbocycles. The summed E-state index contributed by atoms with van der Waals surface area (Å²) in [5.74, 6) is 1.62. The Morgan fingerprint density at radius 3 is 2.36 bits per heavy atom. The smallest absolute Gasteiger partial charge is 0.248 e. The third-order valence-corrected chi connectivity index (χ3v) is 3.91. The van der Waals surface area contributed by atoms with Gasteiger partial charge in [0.15, 0.2) is 5.82 Å². The van der Waals surface area contributed by atoms with Crippen molar-refractivity contribution in [2.75, 3.05) is 11.1 Å². The lowest BCUT2D eigenvalue weighted by atomic mass is 10.1. The van der Waals surface area contributed by atoms with Gasteiger partial charge >= 0.3 is 0 Å². The number of nitrogens with two attached hydrogens (primary N) is 1. The lowest BCUT2D eigenvalue weighted by Crippen LogP contribution is -2.11. The van der Waals surface area contributed by atoms with Crippen LogP contribution in [0.2, 0.25) is 0 Å². The Kier molecular flexibility index (Phi) is 4.84. The monoisotopic (exact) mass is 334 g/mol. The van der Waals surface area contributed by atoms with Crippen molar-refractivity contribution >= 4 is 11.5 Å². The summed E-state index contributed by atoms with van der Waals surface area (Å²) in [4.78, 5) is 8.43. The van der Waals surface area contributed by atoms with Crippen molar-refractivity contribution < 1.29 is 4.74 Å². The number of nitrogens with zero attached hydrogens (tertiary/aromatic N) is 2. The third-order valence-electron chi connectivity index (χ3n) is 3.91. The van der Waals surface area contributed by atoms with Crippen LogP contribution in [0.4, 0.5) is 11.5 Å². The minimum atomic E-state index is 0.0625. The first kappa shape index (κ1) is 16.8. The Bertz CT molecular complexity index is 845. The van der Waals surface area contributed by atoms with Crippen molar-refractivity contribution in [3.63, 3.8) is 0 Å². The highest BCUT2D eigenvalue weighted by Gasteiger charge is 2.13. The van der Waals surface area contributed by atoms with E-state index in [1.165, 1.54) is 6.33 Å². The van der Waals surface area contributed by atoms with Crippen LogP contribution in [0, 0.1) is 13.8 Å². The van der Waals surface area contributed by atoms with Crippen LogP contribution in [-0.4, -0.2) is 9.97 Å². The summed E-state index contributed by atoms with van der Waals surface area (Å²) in [6.45, 7) is 6.11. The summed E-state index contributed by atoms with van der Waals surface area (Å²) in [6, 6.07) is 16.2. The normalized spacial score (nSPS) is 11.8. The number of nitrogens with one attached hydrogen (secondary N) is 1. The Morgan fingerprint density at radius 2 is 1.68 bits per heavy atom. The van der Waals surface area contributed by atoms with Crippen molar-refractivity contribution in [2.24, 2.45) is 0 Å². The van der Waals surface area contributed by atoms with Crippen LogP contribution >= 0.6 is 0 Å². The van der Waals surface area contributed by atoms with E-state index in [1.54, 1.807) is 0 Å². The van der Waals surface area contributed by atoms with Crippen LogP contribution in [0.5, 0.6) is 11.6 Å². The van der Waals surface area contributed by atoms with Crippen molar-refractivity contribution in [3.05, 3.63) is 71.5 Å². The third kappa shape index (κ3) is 4.07. The number of hydrogen-bond donors (Lipinski definition) is 2. The largest absolute Gasteiger partial charge is 0.437 e. The molecule has 0 radical (unpaired) electrons. The molecule has 3 N–H and O–H groups in total. The zero-order chi connectivity index (χ0) is 17.8. The predicted molar refractivity (Wildman–Crippen MR) is 101 cm³/mol. The second kappa shape index (κ2) is 7.21. The molecule has 2 aromatic carbocycles. The minimum absolute atomic E-state index is 0.0625. The summed E-state index contributed by atoms with van der Waals surface area (Å²) in [5.41, 5.74) is 10.0. The summed E-state index contributed by atoms with van der Waals surface area (Å²) >= 11 is 0. The second-order valence-corrected chi connectivity index (χ2v) is 6.14. The maximum absolute atomic E-state index is 6.22. The molecule has 1 unspecified atom stereocenters. The summed E-state index contributed by atoms with van der Waals surface area (Å²) in [6.07, 6.45) is 1.45. The van der Waals surface area contributed by atoms with Crippen molar-refractivity contribution in [3.8, 4) is 11.6 Å². The zero-order valence-electron chi connectivity index (χ0n) is 14.7. The van der Waals surface area contributed by atoms with E-state index in [0.717, 1.165) is 16.7 Å². The average Bonchev–Trinajstić information content (AvgIpc) is 2.58. The molecule has 5 nitrogen and oxygen atoms in total. The van der Waals surface area contributed by atoms with Crippen LogP contribution in [0.1, 0.15) is 29.7 Å². The van der Waals surface area contributed by atoms with Crippen LogP contribution in [0.15, 0.2) is 54.9 Å². The predicted octanol–water partition coefficient (Wildman–Crippen LogP) is 4.64. The van der Waals surface area contributed by atoms with Crippen molar-refractivity contribution in [1.29, 1.82) is 0 Å². The molecule has 0 aliphatic heterocycles. The molecule has 1 heterocycles. The van der Waals surface area contributed by atoms with Gasteiger partial charge in [0.1, 0.15) is 17.8 Å². The van der Waals surface area contributed by atoms with Gasteiger partial charge < -0.3 is 15.8 Å². The average molecular weight is 334 g/mol. The number of rotatable bonds is 5. The molecule has 25 heavy (non-hydrogen) atoms. The highest BCUT2D eigenvalue weighted by Crippen LogP contribution is 2.31. The highest BCUT2D eigenvalue weighted by molar-refractivity contribution is 5.67. The SMILES string of the molecule is Cc1cc(C)cc(Oc2ncnc(NC(C)c3ccccc3)c2N)c1. The van der Waals surface area contributed by atoms with Gasteiger partial charge in [-0.2, -0.15) is 4.98 Å². The van der Waals surface area contributed by atoms with Gasteiger partial charge in [0.25, 0.3) is 0 Å². The molecule has 1 atom stereocenters.